The molecule has 1 amide bonds. The molecule has 0 saturated carbocycles. The summed E-state index contributed by atoms with van der Waals surface area (Å²) >= 11 is 1.36. The van der Waals surface area contributed by atoms with Crippen molar-refractivity contribution in [2.75, 3.05) is 13.9 Å². The number of amides is 1. The van der Waals surface area contributed by atoms with E-state index in [1.807, 2.05) is 5.38 Å². The van der Waals surface area contributed by atoms with Crippen molar-refractivity contribution in [1.29, 1.82) is 0 Å². The molecule has 66 valence electrons. The number of rotatable bonds is 4. The van der Waals surface area contributed by atoms with Gasteiger partial charge in [0.15, 0.2) is 6.79 Å². The summed E-state index contributed by atoms with van der Waals surface area (Å²) in [6.07, 6.45) is 0. The second-order valence-electron chi connectivity index (χ2n) is 1.96. The molecule has 12 heavy (non-hydrogen) atoms. The SMILES string of the molecule is COCONC(=O)c1cccs1. The Labute approximate surface area is 74.1 Å². The highest BCUT2D eigenvalue weighted by Gasteiger charge is 2.04. The van der Waals surface area contributed by atoms with E-state index in [-0.39, 0.29) is 12.7 Å². The van der Waals surface area contributed by atoms with Gasteiger partial charge in [-0.15, -0.1) is 11.3 Å². The van der Waals surface area contributed by atoms with E-state index in [4.69, 9.17) is 0 Å². The van der Waals surface area contributed by atoms with E-state index < -0.39 is 0 Å². The predicted octanol–water partition coefficient (Wildman–Crippen LogP) is 1.01. The summed E-state index contributed by atoms with van der Waals surface area (Å²) in [5, 5.41) is 1.82. The molecule has 0 aromatic carbocycles. The average Bonchev–Trinajstić information content (AvgIpc) is 2.56. The van der Waals surface area contributed by atoms with E-state index in [2.05, 4.69) is 15.1 Å². The molecule has 0 aliphatic rings. The Morgan fingerprint density at radius 1 is 1.75 bits per heavy atom. The van der Waals surface area contributed by atoms with Gasteiger partial charge in [0.1, 0.15) is 0 Å². The molecule has 0 unspecified atom stereocenters. The second kappa shape index (κ2) is 4.87. The lowest BCUT2D eigenvalue weighted by Crippen LogP contribution is -2.23. The molecule has 0 spiro atoms. The molecule has 5 heteroatoms. The molecule has 0 saturated heterocycles. The second-order valence-corrected chi connectivity index (χ2v) is 2.91. The molecule has 1 heterocycles. The third kappa shape index (κ3) is 2.61. The molecule has 1 rings (SSSR count). The number of hydrogen-bond acceptors (Lipinski definition) is 4. The van der Waals surface area contributed by atoms with Crippen LogP contribution in [0, 0.1) is 0 Å². The van der Waals surface area contributed by atoms with E-state index in [9.17, 15) is 4.79 Å². The minimum atomic E-state index is -0.248. The quantitative estimate of drug-likeness (QED) is 0.435. The van der Waals surface area contributed by atoms with Crippen molar-refractivity contribution in [3.8, 4) is 0 Å². The minimum Gasteiger partial charge on any atom is -0.356 e. The summed E-state index contributed by atoms with van der Waals surface area (Å²) in [6, 6.07) is 3.52. The van der Waals surface area contributed by atoms with Crippen LogP contribution in [0.15, 0.2) is 17.5 Å². The highest BCUT2D eigenvalue weighted by Crippen LogP contribution is 2.07. The number of thiophene rings is 1. The van der Waals surface area contributed by atoms with Crippen LogP contribution in [0.25, 0.3) is 0 Å². The summed E-state index contributed by atoms with van der Waals surface area (Å²) in [5.74, 6) is -0.248. The minimum absolute atomic E-state index is 0.0527. The van der Waals surface area contributed by atoms with Crippen LogP contribution in [0.4, 0.5) is 0 Å². The van der Waals surface area contributed by atoms with Crippen LogP contribution in [-0.4, -0.2) is 19.8 Å². The molecule has 0 aliphatic heterocycles. The number of hydroxylamine groups is 1. The highest BCUT2D eigenvalue weighted by atomic mass is 32.1. The molecule has 0 fully saturated rings. The van der Waals surface area contributed by atoms with Crippen LogP contribution in [0.2, 0.25) is 0 Å². The van der Waals surface area contributed by atoms with E-state index in [1.54, 1.807) is 12.1 Å². The fourth-order valence-electron chi connectivity index (χ4n) is 0.612. The van der Waals surface area contributed by atoms with E-state index in [0.29, 0.717) is 4.88 Å². The van der Waals surface area contributed by atoms with Gasteiger partial charge >= 0.3 is 0 Å². The predicted molar refractivity (Wildman–Crippen MR) is 44.7 cm³/mol. The van der Waals surface area contributed by atoms with Crippen molar-refractivity contribution in [2.24, 2.45) is 0 Å². The number of methoxy groups -OCH3 is 1. The van der Waals surface area contributed by atoms with Gasteiger partial charge in [-0.1, -0.05) is 6.07 Å². The Balaban J connectivity index is 2.30. The van der Waals surface area contributed by atoms with E-state index in [0.717, 1.165) is 0 Å². The Morgan fingerprint density at radius 2 is 2.58 bits per heavy atom. The average molecular weight is 187 g/mol. The summed E-state index contributed by atoms with van der Waals surface area (Å²) < 4.78 is 4.58. The van der Waals surface area contributed by atoms with Gasteiger partial charge in [-0.3, -0.25) is 4.79 Å². The van der Waals surface area contributed by atoms with Gasteiger partial charge in [-0.2, -0.15) is 0 Å². The largest absolute Gasteiger partial charge is 0.356 e. The first-order valence-corrected chi connectivity index (χ1v) is 4.17. The molecule has 0 radical (unpaired) electrons. The first kappa shape index (κ1) is 9.18. The van der Waals surface area contributed by atoms with Crippen molar-refractivity contribution in [1.82, 2.24) is 5.48 Å². The van der Waals surface area contributed by atoms with Crippen molar-refractivity contribution in [2.45, 2.75) is 0 Å². The third-order valence-corrected chi connectivity index (χ3v) is 1.96. The molecule has 0 atom stereocenters. The van der Waals surface area contributed by atoms with Crippen molar-refractivity contribution in [3.63, 3.8) is 0 Å². The van der Waals surface area contributed by atoms with E-state index in [1.165, 1.54) is 18.4 Å². The monoisotopic (exact) mass is 187 g/mol. The lowest BCUT2D eigenvalue weighted by atomic mass is 10.5. The summed E-state index contributed by atoms with van der Waals surface area (Å²) in [5.41, 5.74) is 2.23. The molecule has 4 nitrogen and oxygen atoms in total. The fourth-order valence-corrected chi connectivity index (χ4v) is 1.22. The van der Waals surface area contributed by atoms with Crippen molar-refractivity contribution < 1.29 is 14.4 Å². The Kier molecular flexibility index (Phi) is 3.72. The lowest BCUT2D eigenvalue weighted by molar-refractivity contribution is -0.0703. The Hall–Kier alpha value is -0.910. The summed E-state index contributed by atoms with van der Waals surface area (Å²) in [7, 11) is 1.48. The normalized spacial score (nSPS) is 9.75. The van der Waals surface area contributed by atoms with Crippen molar-refractivity contribution >= 4 is 17.2 Å². The maximum atomic E-state index is 11.1. The topological polar surface area (TPSA) is 47.6 Å². The molecule has 0 aliphatic carbocycles. The number of hydrogen-bond donors (Lipinski definition) is 1. The molecule has 1 aromatic heterocycles. The molecule has 1 aromatic rings. The standard InChI is InChI=1S/C7H9NO3S/c1-10-5-11-8-7(9)6-3-2-4-12-6/h2-4H,5H2,1H3,(H,8,9). The maximum absolute atomic E-state index is 11.1. The zero-order valence-electron chi connectivity index (χ0n) is 6.57. The van der Waals surface area contributed by atoms with Crippen molar-refractivity contribution in [3.05, 3.63) is 22.4 Å². The molecule has 0 bridgehead atoms. The maximum Gasteiger partial charge on any atom is 0.284 e. The van der Waals surface area contributed by atoms with Crippen LogP contribution in [0.1, 0.15) is 9.67 Å². The van der Waals surface area contributed by atoms with Gasteiger partial charge in [0.25, 0.3) is 5.91 Å². The first-order valence-electron chi connectivity index (χ1n) is 3.29. The van der Waals surface area contributed by atoms with E-state index >= 15 is 0 Å². The van der Waals surface area contributed by atoms with Gasteiger partial charge in [0.05, 0.1) is 4.88 Å². The number of nitrogens with one attached hydrogen (secondary N) is 1. The van der Waals surface area contributed by atoms with Gasteiger partial charge in [0.2, 0.25) is 0 Å². The first-order chi connectivity index (χ1) is 5.84. The van der Waals surface area contributed by atoms with Crippen LogP contribution in [-0.2, 0) is 9.57 Å². The Bertz CT molecular complexity index is 235. The van der Waals surface area contributed by atoms with Gasteiger partial charge in [0, 0.05) is 7.11 Å². The molecular weight excluding hydrogens is 178 g/mol. The fraction of sp³-hybridized carbons (Fsp3) is 0.286. The molecular formula is C7H9NO3S. The zero-order valence-corrected chi connectivity index (χ0v) is 7.39. The molecule has 1 N–H and O–H groups in total. The van der Waals surface area contributed by atoms with Gasteiger partial charge in [-0.05, 0) is 11.4 Å². The summed E-state index contributed by atoms with van der Waals surface area (Å²) in [4.78, 5) is 16.4. The van der Waals surface area contributed by atoms with Crippen LogP contribution in [0.3, 0.4) is 0 Å². The zero-order chi connectivity index (χ0) is 8.81. The number of carbonyl (C=O) groups is 1. The highest BCUT2D eigenvalue weighted by molar-refractivity contribution is 7.12. The number of carbonyl (C=O) groups excluding carboxylic acids is 1. The smallest absolute Gasteiger partial charge is 0.284 e. The van der Waals surface area contributed by atoms with Gasteiger partial charge < -0.3 is 4.74 Å². The van der Waals surface area contributed by atoms with Crippen LogP contribution < -0.4 is 5.48 Å². The lowest BCUT2D eigenvalue weighted by Gasteiger charge is -2.01. The van der Waals surface area contributed by atoms with Gasteiger partial charge in [-0.25, -0.2) is 10.3 Å². The Morgan fingerprint density at radius 3 is 3.17 bits per heavy atom. The summed E-state index contributed by atoms with van der Waals surface area (Å²) in [6.45, 7) is 0.0527. The van der Waals surface area contributed by atoms with Crippen LogP contribution >= 0.6 is 11.3 Å². The number of ether oxygens (including phenoxy) is 1. The van der Waals surface area contributed by atoms with Crippen LogP contribution in [0.5, 0.6) is 0 Å². The third-order valence-electron chi connectivity index (χ3n) is 1.09.